The van der Waals surface area contributed by atoms with Gasteiger partial charge in [0.2, 0.25) is 0 Å². The quantitative estimate of drug-likeness (QED) is 0.250. The molecule has 174 valence electrons. The fourth-order valence-corrected chi connectivity index (χ4v) is 6.46. The van der Waals surface area contributed by atoms with Crippen molar-refractivity contribution in [3.05, 3.63) is 121 Å². The lowest BCUT2D eigenvalue weighted by Crippen LogP contribution is -2.12. The van der Waals surface area contributed by atoms with Gasteiger partial charge >= 0.3 is 8.16 Å². The molecular formula is C32H24NO2P. The van der Waals surface area contributed by atoms with E-state index < -0.39 is 8.16 Å². The standard InChI is InChI=1S/C32H24NO2P/c1-33(21-25-13-8-12-22-9-2-5-14-26(22)25)36-34-29-19-17-23-10-3-6-15-27(23)31(29)32-28-16-7-4-11-24(28)18-20-30(32)35-36/h2-20H,21H2,1H3. The van der Waals surface area contributed by atoms with Crippen LogP contribution in [0.25, 0.3) is 54.3 Å². The van der Waals surface area contributed by atoms with Crippen molar-refractivity contribution in [2.45, 2.75) is 6.54 Å². The van der Waals surface area contributed by atoms with E-state index in [1.54, 1.807) is 0 Å². The van der Waals surface area contributed by atoms with Crippen LogP contribution in [0.15, 0.2) is 124 Å². The van der Waals surface area contributed by atoms with Gasteiger partial charge in [-0.1, -0.05) is 103 Å². The number of benzene rings is 6. The van der Waals surface area contributed by atoms with Gasteiger partial charge in [-0.25, -0.2) is 4.67 Å². The molecule has 0 aliphatic rings. The highest BCUT2D eigenvalue weighted by Crippen LogP contribution is 2.42. The van der Waals surface area contributed by atoms with Crippen LogP contribution in [0.5, 0.6) is 0 Å². The molecule has 1 aromatic heterocycles. The molecule has 0 fully saturated rings. The monoisotopic (exact) mass is 485 g/mol. The van der Waals surface area contributed by atoms with E-state index in [0.717, 1.165) is 28.5 Å². The molecule has 4 heteroatoms. The lowest BCUT2D eigenvalue weighted by molar-refractivity contribution is 0.628. The summed E-state index contributed by atoms with van der Waals surface area (Å²) in [6.45, 7) is 0.721. The first-order valence-corrected chi connectivity index (χ1v) is 13.3. The zero-order chi connectivity index (χ0) is 24.1. The molecule has 3 nitrogen and oxygen atoms in total. The van der Waals surface area contributed by atoms with Crippen LogP contribution < -0.4 is 4.67 Å². The van der Waals surface area contributed by atoms with Crippen molar-refractivity contribution in [1.29, 1.82) is 0 Å². The lowest BCUT2D eigenvalue weighted by Gasteiger charge is -2.14. The van der Waals surface area contributed by atoms with Gasteiger partial charge in [0, 0.05) is 24.4 Å². The number of hydrogen-bond donors (Lipinski definition) is 0. The fraction of sp³-hybridized carbons (Fsp3) is 0.0625. The summed E-state index contributed by atoms with van der Waals surface area (Å²) in [5.74, 6) is 0. The topological polar surface area (TPSA) is 29.5 Å². The molecule has 0 spiro atoms. The maximum atomic E-state index is 6.71. The molecule has 0 aliphatic carbocycles. The molecule has 0 radical (unpaired) electrons. The van der Waals surface area contributed by atoms with Gasteiger partial charge in [-0.05, 0) is 50.0 Å². The van der Waals surface area contributed by atoms with Crippen LogP contribution in [0.2, 0.25) is 0 Å². The second kappa shape index (κ2) is 8.57. The highest BCUT2D eigenvalue weighted by molar-refractivity contribution is 7.38. The number of nitrogens with zero attached hydrogens (tertiary/aromatic N) is 1. The van der Waals surface area contributed by atoms with Crippen molar-refractivity contribution in [2.75, 3.05) is 11.7 Å². The molecule has 0 amide bonds. The normalized spacial score (nSPS) is 11.8. The lowest BCUT2D eigenvalue weighted by atomic mass is 9.99. The molecule has 0 bridgehead atoms. The summed E-state index contributed by atoms with van der Waals surface area (Å²) in [5.41, 5.74) is 2.98. The van der Waals surface area contributed by atoms with Crippen LogP contribution in [0.1, 0.15) is 5.56 Å². The maximum Gasteiger partial charge on any atom is 0.309 e. The second-order valence-corrected chi connectivity index (χ2v) is 10.7. The highest BCUT2D eigenvalue weighted by Gasteiger charge is 2.16. The molecule has 7 aromatic rings. The van der Waals surface area contributed by atoms with E-state index >= 15 is 0 Å². The summed E-state index contributed by atoms with van der Waals surface area (Å²) in [6, 6.07) is 40.5. The Labute approximate surface area is 209 Å². The van der Waals surface area contributed by atoms with Crippen molar-refractivity contribution in [2.24, 2.45) is 0 Å². The predicted octanol–water partition coefficient (Wildman–Crippen LogP) is 9.52. The summed E-state index contributed by atoms with van der Waals surface area (Å²) in [4.78, 5) is 0. The van der Waals surface area contributed by atoms with Crippen molar-refractivity contribution >= 4 is 62.4 Å². The van der Waals surface area contributed by atoms with Gasteiger partial charge in [-0.3, -0.25) is 0 Å². The Bertz CT molecular complexity index is 1850. The van der Waals surface area contributed by atoms with Crippen molar-refractivity contribution in [3.8, 4) is 0 Å². The SMILES string of the molecule is CN(Cc1cccc2ccccc12)p1oc2ccc3ccccc3c2c2c(ccc3ccccc32)o1. The minimum atomic E-state index is -1.39. The average Bonchev–Trinajstić information content (AvgIpc) is 3.11. The van der Waals surface area contributed by atoms with Crippen LogP contribution in [0, 0.1) is 0 Å². The van der Waals surface area contributed by atoms with Crippen molar-refractivity contribution in [1.82, 2.24) is 0 Å². The summed E-state index contributed by atoms with van der Waals surface area (Å²) in [7, 11) is 0.694. The molecule has 7 rings (SSSR count). The largest absolute Gasteiger partial charge is 0.408 e. The van der Waals surface area contributed by atoms with Crippen molar-refractivity contribution < 1.29 is 8.39 Å². The molecule has 0 aliphatic heterocycles. The number of hydrogen-bond acceptors (Lipinski definition) is 3. The van der Waals surface area contributed by atoms with Gasteiger partial charge in [-0.15, -0.1) is 0 Å². The Morgan fingerprint density at radius 1 is 0.528 bits per heavy atom. The van der Waals surface area contributed by atoms with Crippen LogP contribution in [0.3, 0.4) is 0 Å². The van der Waals surface area contributed by atoms with Crippen LogP contribution in [-0.4, -0.2) is 7.05 Å². The zero-order valence-corrected chi connectivity index (χ0v) is 20.8. The van der Waals surface area contributed by atoms with Crippen LogP contribution in [-0.2, 0) is 6.54 Å². The van der Waals surface area contributed by atoms with Gasteiger partial charge in [0.1, 0.15) is 11.2 Å². The molecule has 0 saturated heterocycles. The van der Waals surface area contributed by atoms with E-state index in [9.17, 15) is 0 Å². The Kier molecular flexibility index (Phi) is 5.06. The third kappa shape index (κ3) is 3.48. The van der Waals surface area contributed by atoms with E-state index in [2.05, 4.69) is 127 Å². The summed E-state index contributed by atoms with van der Waals surface area (Å²) < 4.78 is 15.6. The minimum absolute atomic E-state index is 0.721. The molecule has 0 saturated carbocycles. The molecule has 0 atom stereocenters. The third-order valence-corrected chi connectivity index (χ3v) is 8.35. The van der Waals surface area contributed by atoms with Gasteiger partial charge < -0.3 is 8.39 Å². The van der Waals surface area contributed by atoms with Gasteiger partial charge in [0.15, 0.2) is 0 Å². The fourth-order valence-electron chi connectivity index (χ4n) is 5.23. The smallest absolute Gasteiger partial charge is 0.309 e. The van der Waals surface area contributed by atoms with E-state index in [1.807, 2.05) is 0 Å². The first kappa shape index (κ1) is 21.3. The zero-order valence-electron chi connectivity index (χ0n) is 19.9. The molecule has 0 unspecified atom stereocenters. The Morgan fingerprint density at radius 3 is 1.58 bits per heavy atom. The van der Waals surface area contributed by atoms with Gasteiger partial charge in [0.25, 0.3) is 0 Å². The van der Waals surface area contributed by atoms with E-state index in [1.165, 1.54) is 37.9 Å². The molecule has 6 aromatic carbocycles. The summed E-state index contributed by atoms with van der Waals surface area (Å²) in [6.07, 6.45) is 0. The van der Waals surface area contributed by atoms with Gasteiger partial charge in [0.05, 0.1) is 0 Å². The molecule has 1 heterocycles. The molecular weight excluding hydrogens is 461 g/mol. The highest BCUT2D eigenvalue weighted by atomic mass is 31.1. The molecule has 36 heavy (non-hydrogen) atoms. The van der Waals surface area contributed by atoms with Gasteiger partial charge in [-0.2, -0.15) is 0 Å². The Balaban J connectivity index is 1.52. The predicted molar refractivity (Wildman–Crippen MR) is 153 cm³/mol. The van der Waals surface area contributed by atoms with E-state index in [4.69, 9.17) is 8.39 Å². The average molecular weight is 486 g/mol. The summed E-state index contributed by atoms with van der Waals surface area (Å²) in [5, 5.41) is 9.42. The van der Waals surface area contributed by atoms with Crippen LogP contribution >= 0.6 is 8.16 Å². The minimum Gasteiger partial charge on any atom is -0.408 e. The van der Waals surface area contributed by atoms with E-state index in [-0.39, 0.29) is 0 Å². The number of rotatable bonds is 3. The van der Waals surface area contributed by atoms with Crippen LogP contribution in [0.4, 0.5) is 0 Å². The maximum absolute atomic E-state index is 6.71. The third-order valence-electron chi connectivity index (χ3n) is 6.94. The Morgan fingerprint density at radius 2 is 1.00 bits per heavy atom. The van der Waals surface area contributed by atoms with E-state index in [0.29, 0.717) is 0 Å². The Hall–Kier alpha value is -4.04. The first-order chi connectivity index (χ1) is 17.8. The van der Waals surface area contributed by atoms with Crippen molar-refractivity contribution in [3.63, 3.8) is 0 Å². The molecule has 0 N–H and O–H groups in total. The summed E-state index contributed by atoms with van der Waals surface area (Å²) >= 11 is 0. The first-order valence-electron chi connectivity index (χ1n) is 12.1. The second-order valence-electron chi connectivity index (χ2n) is 9.19. The number of fused-ring (bicyclic) bond motifs is 8.